The maximum atomic E-state index is 13.0. The number of nitrogens with one attached hydrogen (secondary N) is 1. The Morgan fingerprint density at radius 2 is 1.87 bits per heavy atom. The van der Waals surface area contributed by atoms with Gasteiger partial charge in [0.05, 0.1) is 23.4 Å². The Balaban J connectivity index is 1.79. The van der Waals surface area contributed by atoms with Gasteiger partial charge in [0.15, 0.2) is 0 Å². The van der Waals surface area contributed by atoms with Crippen LogP contribution in [0.15, 0.2) is 77.5 Å². The van der Waals surface area contributed by atoms with E-state index >= 15 is 0 Å². The summed E-state index contributed by atoms with van der Waals surface area (Å²) < 4.78 is 19.0. The van der Waals surface area contributed by atoms with Crippen LogP contribution >= 0.6 is 15.9 Å². The van der Waals surface area contributed by atoms with Gasteiger partial charge in [0.25, 0.3) is 0 Å². The second-order valence-electron chi connectivity index (χ2n) is 8.40. The molecular weight excluding hydrogens is 472 g/mol. The molecule has 0 spiro atoms. The summed E-state index contributed by atoms with van der Waals surface area (Å²) in [4.78, 5) is 4.50. The van der Waals surface area contributed by atoms with Gasteiger partial charge in [-0.3, -0.25) is 4.98 Å². The third-order valence-corrected chi connectivity index (χ3v) is 7.12. The normalized spacial score (nSPS) is 14.0. The summed E-state index contributed by atoms with van der Waals surface area (Å²) in [5, 5.41) is 5.71. The Morgan fingerprint density at radius 1 is 1.10 bits per heavy atom. The third kappa shape index (κ3) is 5.01. The average Bonchev–Trinajstić information content (AvgIpc) is 3.16. The lowest BCUT2D eigenvalue weighted by Gasteiger charge is -2.29. The number of pyridine rings is 1. The summed E-state index contributed by atoms with van der Waals surface area (Å²) >= 11 is 2.29. The molecule has 0 saturated heterocycles. The molecule has 0 radical (unpaired) electrons. The molecule has 31 heavy (non-hydrogen) atoms. The molecule has 2 aromatic carbocycles. The van der Waals surface area contributed by atoms with E-state index in [1.54, 1.807) is 6.20 Å². The van der Waals surface area contributed by atoms with Gasteiger partial charge in [-0.15, -0.1) is 4.72 Å². The van der Waals surface area contributed by atoms with Gasteiger partial charge in [-0.25, -0.2) is 4.68 Å². The number of halogens is 1. The molecule has 5 nitrogen and oxygen atoms in total. The second-order valence-corrected chi connectivity index (χ2v) is 11.3. The predicted molar refractivity (Wildman–Crippen MR) is 130 cm³/mol. The molecule has 2 heterocycles. The first-order valence-corrected chi connectivity index (χ1v) is 12.1. The van der Waals surface area contributed by atoms with Crippen molar-refractivity contribution in [3.05, 3.63) is 88.8 Å². The van der Waals surface area contributed by atoms with E-state index in [-0.39, 0.29) is 10.8 Å². The van der Waals surface area contributed by atoms with E-state index in [4.69, 9.17) is 0 Å². The third-order valence-electron chi connectivity index (χ3n) is 5.02. The molecule has 0 saturated carbocycles. The lowest BCUT2D eigenvalue weighted by molar-refractivity contribution is 0.520. The number of aromatic nitrogens is 3. The molecule has 1 unspecified atom stereocenters. The lowest BCUT2D eigenvalue weighted by atomic mass is 10.0. The van der Waals surface area contributed by atoms with Gasteiger partial charge in [0.1, 0.15) is 4.75 Å². The Hall–Kier alpha value is -2.19. The summed E-state index contributed by atoms with van der Waals surface area (Å²) in [6, 6.07) is 19.9. The zero-order chi connectivity index (χ0) is 22.0. The molecular formula is C24H25BrN4OS. The van der Waals surface area contributed by atoms with Crippen LogP contribution in [0, 0.1) is 0 Å². The largest absolute Gasteiger partial charge is 0.598 e. The molecule has 0 bridgehead atoms. The van der Waals surface area contributed by atoms with E-state index in [1.807, 2.05) is 68.0 Å². The minimum absolute atomic E-state index is 0.194. The van der Waals surface area contributed by atoms with Gasteiger partial charge >= 0.3 is 0 Å². The van der Waals surface area contributed by atoms with Crippen molar-refractivity contribution in [2.45, 2.75) is 38.0 Å². The Labute approximate surface area is 194 Å². The van der Waals surface area contributed by atoms with Crippen LogP contribution in [0.3, 0.4) is 0 Å². The Morgan fingerprint density at radius 3 is 2.61 bits per heavy atom. The Bertz CT molecular complexity index is 1170. The molecule has 7 heteroatoms. The first-order valence-electron chi connectivity index (χ1n) is 10.1. The Kier molecular flexibility index (Phi) is 6.48. The van der Waals surface area contributed by atoms with E-state index in [1.165, 1.54) is 0 Å². The summed E-state index contributed by atoms with van der Waals surface area (Å²) in [5.74, 6) is 0. The predicted octanol–water partition coefficient (Wildman–Crippen LogP) is 5.52. The average molecular weight is 497 g/mol. The summed E-state index contributed by atoms with van der Waals surface area (Å²) in [6.07, 6.45) is 4.27. The first kappa shape index (κ1) is 22.0. The minimum Gasteiger partial charge on any atom is -0.598 e. The molecule has 2 atom stereocenters. The van der Waals surface area contributed by atoms with Crippen LogP contribution in [0.2, 0.25) is 0 Å². The zero-order valence-electron chi connectivity index (χ0n) is 17.7. The van der Waals surface area contributed by atoms with E-state index < -0.39 is 11.4 Å². The standard InChI is InChI=1S/C24H25BrN4OS/c1-24(2,3)31(30)28-21(15-19-8-6-7-13-26-19)20-9-4-5-10-23(20)29-22-12-11-18(25)14-17(22)16-27-29/h4-14,16,21,28H,15H2,1-3H3/t21-,31?/m0/s1. The highest BCUT2D eigenvalue weighted by molar-refractivity contribution is 9.10. The maximum absolute atomic E-state index is 13.0. The molecule has 4 aromatic rings. The molecule has 1 N–H and O–H groups in total. The van der Waals surface area contributed by atoms with Crippen molar-refractivity contribution in [2.24, 2.45) is 0 Å². The number of benzene rings is 2. The van der Waals surface area contributed by atoms with Gasteiger partial charge in [0, 0.05) is 39.5 Å². The summed E-state index contributed by atoms with van der Waals surface area (Å²) in [7, 11) is 0. The number of fused-ring (bicyclic) bond motifs is 1. The first-order chi connectivity index (χ1) is 14.8. The highest BCUT2D eigenvalue weighted by Crippen LogP contribution is 2.30. The van der Waals surface area contributed by atoms with Crippen molar-refractivity contribution in [1.29, 1.82) is 0 Å². The van der Waals surface area contributed by atoms with Crippen molar-refractivity contribution in [1.82, 2.24) is 19.5 Å². The topological polar surface area (TPSA) is 65.8 Å². The van der Waals surface area contributed by atoms with Crippen molar-refractivity contribution in [3.63, 3.8) is 0 Å². The minimum atomic E-state index is -1.24. The van der Waals surface area contributed by atoms with Crippen LogP contribution < -0.4 is 4.72 Å². The molecule has 2 aromatic heterocycles. The zero-order valence-corrected chi connectivity index (χ0v) is 20.2. The van der Waals surface area contributed by atoms with Crippen LogP contribution in [-0.2, 0) is 17.8 Å². The van der Waals surface area contributed by atoms with Gasteiger partial charge in [-0.1, -0.05) is 40.2 Å². The number of nitrogens with zero attached hydrogens (tertiary/aromatic N) is 3. The van der Waals surface area contributed by atoms with Crippen LogP contribution in [0.25, 0.3) is 16.6 Å². The van der Waals surface area contributed by atoms with E-state index in [9.17, 15) is 4.55 Å². The van der Waals surface area contributed by atoms with E-state index in [0.717, 1.165) is 32.3 Å². The van der Waals surface area contributed by atoms with Crippen molar-refractivity contribution < 1.29 is 4.55 Å². The van der Waals surface area contributed by atoms with E-state index in [0.29, 0.717) is 6.42 Å². The molecule has 4 rings (SSSR count). The van der Waals surface area contributed by atoms with Crippen LogP contribution in [0.1, 0.15) is 38.1 Å². The number of para-hydroxylation sites is 1. The monoisotopic (exact) mass is 496 g/mol. The maximum Gasteiger partial charge on any atom is 0.136 e. The molecule has 160 valence electrons. The quantitative estimate of drug-likeness (QED) is 0.357. The van der Waals surface area contributed by atoms with Gasteiger partial charge < -0.3 is 4.55 Å². The highest BCUT2D eigenvalue weighted by atomic mass is 79.9. The molecule has 0 fully saturated rings. The van der Waals surface area contributed by atoms with Crippen LogP contribution in [0.4, 0.5) is 0 Å². The number of rotatable bonds is 6. The molecule has 0 aliphatic rings. The van der Waals surface area contributed by atoms with Gasteiger partial charge in [0.2, 0.25) is 0 Å². The lowest BCUT2D eigenvalue weighted by Crippen LogP contribution is -2.42. The molecule has 0 aliphatic carbocycles. The molecule has 0 aliphatic heterocycles. The SMILES string of the molecule is CC(C)(C)[S+]([O-])N[C@@H](Cc1ccccn1)c1ccccc1-n1ncc2cc(Br)ccc21. The van der Waals surface area contributed by atoms with Crippen molar-refractivity contribution in [2.75, 3.05) is 0 Å². The van der Waals surface area contributed by atoms with Crippen molar-refractivity contribution >= 4 is 38.2 Å². The van der Waals surface area contributed by atoms with Crippen LogP contribution in [0.5, 0.6) is 0 Å². The number of hydrogen-bond acceptors (Lipinski definition) is 4. The molecule has 0 amide bonds. The number of hydrogen-bond donors (Lipinski definition) is 1. The fourth-order valence-corrected chi connectivity index (χ4v) is 4.62. The highest BCUT2D eigenvalue weighted by Gasteiger charge is 2.31. The van der Waals surface area contributed by atoms with Gasteiger partial charge in [-0.2, -0.15) is 5.10 Å². The van der Waals surface area contributed by atoms with Crippen molar-refractivity contribution in [3.8, 4) is 5.69 Å². The smallest absolute Gasteiger partial charge is 0.136 e. The van der Waals surface area contributed by atoms with Gasteiger partial charge in [-0.05, 0) is 62.7 Å². The fraction of sp³-hybridized carbons (Fsp3) is 0.250. The summed E-state index contributed by atoms with van der Waals surface area (Å²) in [6.45, 7) is 5.91. The fourth-order valence-electron chi connectivity index (χ4n) is 3.42. The second kappa shape index (κ2) is 9.12. The van der Waals surface area contributed by atoms with Crippen LogP contribution in [-0.4, -0.2) is 24.1 Å². The summed E-state index contributed by atoms with van der Waals surface area (Å²) in [5.41, 5.74) is 3.94. The van der Waals surface area contributed by atoms with E-state index in [2.05, 4.69) is 55.0 Å².